The number of furan rings is 1. The van der Waals surface area contributed by atoms with Crippen LogP contribution in [0.5, 0.6) is 5.75 Å². The van der Waals surface area contributed by atoms with Crippen molar-refractivity contribution in [2.24, 2.45) is 5.73 Å². The fourth-order valence-electron chi connectivity index (χ4n) is 4.05. The van der Waals surface area contributed by atoms with Crippen LogP contribution in [0.1, 0.15) is 40.5 Å². The van der Waals surface area contributed by atoms with E-state index in [2.05, 4.69) is 15.3 Å². The first-order valence-electron chi connectivity index (χ1n) is 11.2. The molecule has 0 saturated carbocycles. The SMILES string of the molecule is COc1ccc(-c2nc(C(=O)NCc3coc4ccccc34)c(C(C)N)o2)c2ccc(C(F)(F)F)nc12. The summed E-state index contributed by atoms with van der Waals surface area (Å²) in [4.78, 5) is 21.2. The van der Waals surface area contributed by atoms with Gasteiger partial charge in [0.1, 0.15) is 22.5 Å². The van der Waals surface area contributed by atoms with Gasteiger partial charge in [0.25, 0.3) is 5.91 Å². The Hall–Kier alpha value is -4.38. The Labute approximate surface area is 208 Å². The fourth-order valence-corrected chi connectivity index (χ4v) is 4.05. The van der Waals surface area contributed by atoms with Gasteiger partial charge in [0.2, 0.25) is 5.89 Å². The predicted molar refractivity (Wildman–Crippen MR) is 129 cm³/mol. The van der Waals surface area contributed by atoms with Gasteiger partial charge in [-0.1, -0.05) is 18.2 Å². The Balaban J connectivity index is 1.52. The van der Waals surface area contributed by atoms with E-state index < -0.39 is 23.8 Å². The van der Waals surface area contributed by atoms with Crippen molar-refractivity contribution in [2.45, 2.75) is 25.7 Å². The van der Waals surface area contributed by atoms with Crippen LogP contribution in [0, 0.1) is 0 Å². The highest BCUT2D eigenvalue weighted by Gasteiger charge is 2.33. The van der Waals surface area contributed by atoms with Gasteiger partial charge in [0.15, 0.2) is 11.5 Å². The summed E-state index contributed by atoms with van der Waals surface area (Å²) in [6.45, 7) is 1.81. The molecule has 0 aliphatic carbocycles. The number of halogens is 3. The highest BCUT2D eigenvalue weighted by molar-refractivity contribution is 5.98. The molecule has 1 atom stereocenters. The number of rotatable bonds is 6. The Kier molecular flexibility index (Phi) is 6.08. The average molecular weight is 510 g/mol. The predicted octanol–water partition coefficient (Wildman–Crippen LogP) is 5.61. The summed E-state index contributed by atoms with van der Waals surface area (Å²) in [6, 6.07) is 11.9. The standard InChI is InChI=1S/C26H21F3N4O4/c1-13(30)23-22(24(34)31-11-14-12-36-18-6-4-3-5-15(14)18)33-25(37-23)17-7-9-19(35-2)21-16(17)8-10-20(32-21)26(27,28)29/h3-10,12-13H,11,30H2,1-2H3,(H,31,34). The van der Waals surface area contributed by atoms with Gasteiger partial charge in [-0.05, 0) is 37.3 Å². The fraction of sp³-hybridized carbons (Fsp3) is 0.192. The molecule has 0 fully saturated rings. The number of hydrogen-bond donors (Lipinski definition) is 2. The lowest BCUT2D eigenvalue weighted by atomic mass is 10.1. The molecule has 5 rings (SSSR count). The van der Waals surface area contributed by atoms with Crippen molar-refractivity contribution in [3.63, 3.8) is 0 Å². The molecule has 1 amide bonds. The van der Waals surface area contributed by atoms with Gasteiger partial charge in [0, 0.05) is 28.4 Å². The second-order valence-electron chi connectivity index (χ2n) is 8.37. The molecule has 37 heavy (non-hydrogen) atoms. The average Bonchev–Trinajstić information content (AvgIpc) is 3.51. The molecule has 0 radical (unpaired) electrons. The topological polar surface area (TPSA) is 116 Å². The molecule has 0 aliphatic heterocycles. The van der Waals surface area contributed by atoms with E-state index in [1.807, 2.05) is 24.3 Å². The monoisotopic (exact) mass is 510 g/mol. The van der Waals surface area contributed by atoms with E-state index in [0.29, 0.717) is 16.5 Å². The number of ether oxygens (including phenoxy) is 1. The maximum atomic E-state index is 13.3. The van der Waals surface area contributed by atoms with Crippen molar-refractivity contribution in [1.82, 2.24) is 15.3 Å². The summed E-state index contributed by atoms with van der Waals surface area (Å²) >= 11 is 0. The number of benzene rings is 2. The Morgan fingerprint density at radius 2 is 1.89 bits per heavy atom. The van der Waals surface area contributed by atoms with Crippen LogP contribution in [-0.2, 0) is 12.7 Å². The second-order valence-corrected chi connectivity index (χ2v) is 8.37. The van der Waals surface area contributed by atoms with Crippen LogP contribution >= 0.6 is 0 Å². The molecule has 0 spiro atoms. The quantitative estimate of drug-likeness (QED) is 0.305. The smallest absolute Gasteiger partial charge is 0.433 e. The summed E-state index contributed by atoms with van der Waals surface area (Å²) in [6.07, 6.45) is -3.07. The molecule has 1 unspecified atom stereocenters. The zero-order chi connectivity index (χ0) is 26.3. The van der Waals surface area contributed by atoms with Crippen molar-refractivity contribution < 1.29 is 31.5 Å². The third-order valence-electron chi connectivity index (χ3n) is 5.84. The maximum absolute atomic E-state index is 13.3. The molecule has 190 valence electrons. The zero-order valence-electron chi connectivity index (χ0n) is 19.7. The molecule has 0 bridgehead atoms. The van der Waals surface area contributed by atoms with Crippen LogP contribution in [0.2, 0.25) is 0 Å². The lowest BCUT2D eigenvalue weighted by Crippen LogP contribution is -2.25. The molecular weight excluding hydrogens is 489 g/mol. The van der Waals surface area contributed by atoms with E-state index in [9.17, 15) is 18.0 Å². The summed E-state index contributed by atoms with van der Waals surface area (Å²) < 4.78 is 56.4. The van der Waals surface area contributed by atoms with Crippen molar-refractivity contribution in [2.75, 3.05) is 7.11 Å². The number of alkyl halides is 3. The number of hydrogen-bond acceptors (Lipinski definition) is 7. The van der Waals surface area contributed by atoms with E-state index in [-0.39, 0.29) is 35.2 Å². The van der Waals surface area contributed by atoms with Crippen LogP contribution in [0.15, 0.2) is 63.6 Å². The number of nitrogens with zero attached hydrogens (tertiary/aromatic N) is 2. The number of carbonyl (C=O) groups is 1. The van der Waals surface area contributed by atoms with Crippen LogP contribution < -0.4 is 15.8 Å². The molecule has 8 nitrogen and oxygen atoms in total. The molecular formula is C26H21F3N4O4. The van der Waals surface area contributed by atoms with Gasteiger partial charge < -0.3 is 24.6 Å². The molecule has 2 aromatic carbocycles. The molecule has 0 saturated heterocycles. The first-order chi connectivity index (χ1) is 17.7. The van der Waals surface area contributed by atoms with E-state index in [1.165, 1.54) is 19.2 Å². The van der Waals surface area contributed by atoms with Gasteiger partial charge in [-0.2, -0.15) is 13.2 Å². The lowest BCUT2D eigenvalue weighted by molar-refractivity contribution is -0.140. The molecule has 11 heteroatoms. The third kappa shape index (κ3) is 4.49. The second kappa shape index (κ2) is 9.25. The van der Waals surface area contributed by atoms with Crippen molar-refractivity contribution >= 4 is 27.8 Å². The number of nitrogens with two attached hydrogens (primary N) is 1. The van der Waals surface area contributed by atoms with Gasteiger partial charge in [-0.3, -0.25) is 4.79 Å². The number of para-hydroxylation sites is 1. The lowest BCUT2D eigenvalue weighted by Gasteiger charge is -2.11. The first-order valence-corrected chi connectivity index (χ1v) is 11.2. The maximum Gasteiger partial charge on any atom is 0.433 e. The number of oxazole rings is 1. The summed E-state index contributed by atoms with van der Waals surface area (Å²) in [7, 11) is 1.33. The highest BCUT2D eigenvalue weighted by Crippen LogP contribution is 2.37. The number of fused-ring (bicyclic) bond motifs is 2. The van der Waals surface area contributed by atoms with Crippen LogP contribution in [0.3, 0.4) is 0 Å². The Morgan fingerprint density at radius 3 is 2.62 bits per heavy atom. The normalized spacial score (nSPS) is 12.7. The number of methoxy groups -OCH3 is 1. The Bertz CT molecular complexity index is 1620. The number of amides is 1. The number of nitrogens with one attached hydrogen (secondary N) is 1. The largest absolute Gasteiger partial charge is 0.494 e. The summed E-state index contributed by atoms with van der Waals surface area (Å²) in [5, 5.41) is 3.97. The van der Waals surface area contributed by atoms with Gasteiger partial charge >= 0.3 is 6.18 Å². The summed E-state index contributed by atoms with van der Waals surface area (Å²) in [5.41, 5.74) is 6.75. The van der Waals surface area contributed by atoms with Gasteiger partial charge in [0.05, 0.1) is 19.4 Å². The molecule has 3 aromatic heterocycles. The van der Waals surface area contributed by atoms with E-state index in [1.54, 1.807) is 19.3 Å². The van der Waals surface area contributed by atoms with E-state index >= 15 is 0 Å². The minimum absolute atomic E-state index is 0.0143. The van der Waals surface area contributed by atoms with E-state index in [4.69, 9.17) is 19.3 Å². The molecule has 3 heterocycles. The van der Waals surface area contributed by atoms with Crippen LogP contribution in [0.4, 0.5) is 13.2 Å². The van der Waals surface area contributed by atoms with Crippen molar-refractivity contribution in [3.8, 4) is 17.2 Å². The number of aromatic nitrogens is 2. The third-order valence-corrected chi connectivity index (χ3v) is 5.84. The minimum atomic E-state index is -4.63. The molecule has 0 aliphatic rings. The minimum Gasteiger partial charge on any atom is -0.494 e. The first kappa shape index (κ1) is 24.3. The van der Waals surface area contributed by atoms with Crippen LogP contribution in [-0.4, -0.2) is 23.0 Å². The van der Waals surface area contributed by atoms with E-state index in [0.717, 1.165) is 17.0 Å². The Morgan fingerprint density at radius 1 is 1.11 bits per heavy atom. The number of pyridine rings is 1. The highest BCUT2D eigenvalue weighted by atomic mass is 19.4. The molecule has 3 N–H and O–H groups in total. The van der Waals surface area contributed by atoms with Gasteiger partial charge in [-0.25, -0.2) is 9.97 Å². The molecule has 5 aromatic rings. The van der Waals surface area contributed by atoms with Crippen molar-refractivity contribution in [3.05, 3.63) is 77.5 Å². The van der Waals surface area contributed by atoms with Crippen LogP contribution in [0.25, 0.3) is 33.3 Å². The van der Waals surface area contributed by atoms with Gasteiger partial charge in [-0.15, -0.1) is 0 Å². The zero-order valence-corrected chi connectivity index (χ0v) is 19.7. The number of carbonyl (C=O) groups excluding carboxylic acids is 1. The van der Waals surface area contributed by atoms with Crippen molar-refractivity contribution in [1.29, 1.82) is 0 Å². The summed E-state index contributed by atoms with van der Waals surface area (Å²) in [5.74, 6) is -0.231.